The molecule has 4 N–H and O–H groups in total. The molecule has 24 heavy (non-hydrogen) atoms. The summed E-state index contributed by atoms with van der Waals surface area (Å²) in [7, 11) is 0. The van der Waals surface area contributed by atoms with Crippen LogP contribution in [-0.4, -0.2) is 37.0 Å². The third kappa shape index (κ3) is 6.76. The van der Waals surface area contributed by atoms with E-state index in [4.69, 9.17) is 10.5 Å². The quantitative estimate of drug-likeness (QED) is 0.660. The molecule has 0 fully saturated rings. The number of hydrogen-bond donors (Lipinski definition) is 3. The van der Waals surface area contributed by atoms with Crippen LogP contribution >= 0.6 is 12.4 Å². The van der Waals surface area contributed by atoms with Gasteiger partial charge in [0.2, 0.25) is 5.91 Å². The highest BCUT2D eigenvalue weighted by atomic mass is 35.5. The first-order chi connectivity index (χ1) is 10.9. The largest absolute Gasteiger partial charge is 0.494 e. The number of rotatable bonds is 8. The van der Waals surface area contributed by atoms with Gasteiger partial charge in [0.15, 0.2) is 0 Å². The maximum Gasteiger partial charge on any atom is 0.251 e. The fourth-order valence-corrected chi connectivity index (χ4v) is 2.02. The molecule has 0 heterocycles. The summed E-state index contributed by atoms with van der Waals surface area (Å²) in [6.07, 6.45) is 0. The van der Waals surface area contributed by atoms with Crippen LogP contribution < -0.4 is 21.1 Å². The number of halogens is 1. The molecule has 0 aliphatic carbocycles. The van der Waals surface area contributed by atoms with E-state index >= 15 is 0 Å². The summed E-state index contributed by atoms with van der Waals surface area (Å²) in [5.74, 6) is 0.158. The van der Waals surface area contributed by atoms with Crippen molar-refractivity contribution in [3.8, 4) is 5.75 Å². The van der Waals surface area contributed by atoms with Crippen LogP contribution in [0.4, 0.5) is 0 Å². The lowest BCUT2D eigenvalue weighted by Gasteiger charge is -2.23. The number of amides is 2. The van der Waals surface area contributed by atoms with Crippen LogP contribution in [0, 0.1) is 5.92 Å². The lowest BCUT2D eigenvalue weighted by molar-refractivity contribution is -0.124. The Balaban J connectivity index is 0.00000529. The van der Waals surface area contributed by atoms with Crippen molar-refractivity contribution >= 4 is 24.2 Å². The predicted octanol–water partition coefficient (Wildman–Crippen LogP) is 1.72. The van der Waals surface area contributed by atoms with E-state index in [0.717, 1.165) is 0 Å². The van der Waals surface area contributed by atoms with Gasteiger partial charge >= 0.3 is 0 Å². The first kappa shape index (κ1) is 22.2. The second-order valence-electron chi connectivity index (χ2n) is 5.80. The molecular formula is C17H28ClN3O3. The minimum absolute atomic E-state index is 0. The number of carbonyl (C=O) groups is 2. The van der Waals surface area contributed by atoms with Crippen LogP contribution in [0.2, 0.25) is 0 Å². The Labute approximate surface area is 149 Å². The van der Waals surface area contributed by atoms with Gasteiger partial charge in [0.25, 0.3) is 5.91 Å². The molecule has 6 nitrogen and oxygen atoms in total. The van der Waals surface area contributed by atoms with Gasteiger partial charge in [-0.3, -0.25) is 9.59 Å². The van der Waals surface area contributed by atoms with Crippen LogP contribution in [0.25, 0.3) is 0 Å². The van der Waals surface area contributed by atoms with Gasteiger partial charge in [-0.05, 0) is 44.0 Å². The highest BCUT2D eigenvalue weighted by Gasteiger charge is 2.25. The number of nitrogens with one attached hydrogen (secondary N) is 2. The molecule has 0 spiro atoms. The van der Waals surface area contributed by atoms with Crippen molar-refractivity contribution in [1.82, 2.24) is 10.6 Å². The first-order valence-corrected chi connectivity index (χ1v) is 7.93. The van der Waals surface area contributed by atoms with Crippen LogP contribution in [0.5, 0.6) is 5.75 Å². The molecule has 2 amide bonds. The number of hydrogen-bond acceptors (Lipinski definition) is 4. The third-order valence-electron chi connectivity index (χ3n) is 3.41. The van der Waals surface area contributed by atoms with Crippen LogP contribution in [0.15, 0.2) is 24.3 Å². The summed E-state index contributed by atoms with van der Waals surface area (Å²) < 4.78 is 5.35. The summed E-state index contributed by atoms with van der Waals surface area (Å²) in [5.41, 5.74) is 6.00. The Morgan fingerprint density at radius 2 is 1.71 bits per heavy atom. The van der Waals surface area contributed by atoms with Crippen LogP contribution in [0.3, 0.4) is 0 Å². The first-order valence-electron chi connectivity index (χ1n) is 7.93. The SMILES string of the molecule is CCOc1ccc(C(=O)NC(C(=O)N[C@@H](C)CN)C(C)C)cc1.Cl. The van der Waals surface area contributed by atoms with Crippen molar-refractivity contribution in [2.45, 2.75) is 39.8 Å². The maximum atomic E-state index is 12.3. The van der Waals surface area contributed by atoms with Crippen molar-refractivity contribution in [2.75, 3.05) is 13.2 Å². The lowest BCUT2D eigenvalue weighted by Crippen LogP contribution is -2.52. The van der Waals surface area contributed by atoms with Crippen molar-refractivity contribution in [3.63, 3.8) is 0 Å². The number of nitrogens with two attached hydrogens (primary N) is 1. The fourth-order valence-electron chi connectivity index (χ4n) is 2.02. The number of carbonyl (C=O) groups excluding carboxylic acids is 2. The van der Waals surface area contributed by atoms with E-state index in [0.29, 0.717) is 24.5 Å². The van der Waals surface area contributed by atoms with E-state index in [1.165, 1.54) is 0 Å². The fraction of sp³-hybridized carbons (Fsp3) is 0.529. The Morgan fingerprint density at radius 1 is 1.12 bits per heavy atom. The van der Waals surface area contributed by atoms with Gasteiger partial charge in [-0.1, -0.05) is 13.8 Å². The zero-order chi connectivity index (χ0) is 17.4. The average Bonchev–Trinajstić information content (AvgIpc) is 2.52. The monoisotopic (exact) mass is 357 g/mol. The smallest absolute Gasteiger partial charge is 0.251 e. The minimum atomic E-state index is -0.608. The summed E-state index contributed by atoms with van der Waals surface area (Å²) in [4.78, 5) is 24.6. The molecule has 1 rings (SSSR count). The Kier molecular flexibility index (Phi) is 10.1. The van der Waals surface area contributed by atoms with Crippen LogP contribution in [-0.2, 0) is 4.79 Å². The highest BCUT2D eigenvalue weighted by Crippen LogP contribution is 2.13. The minimum Gasteiger partial charge on any atom is -0.494 e. The Morgan fingerprint density at radius 3 is 2.17 bits per heavy atom. The Bertz CT molecular complexity index is 520. The highest BCUT2D eigenvalue weighted by molar-refractivity contribution is 5.97. The molecule has 0 bridgehead atoms. The zero-order valence-electron chi connectivity index (χ0n) is 14.7. The maximum absolute atomic E-state index is 12.3. The molecule has 0 aliphatic rings. The standard InChI is InChI=1S/C17H27N3O3.ClH/c1-5-23-14-8-6-13(7-9-14)16(21)20-15(11(2)3)17(22)19-12(4)10-18;/h6-9,11-12,15H,5,10,18H2,1-4H3,(H,19,22)(H,20,21);1H/t12-,15?;/m0./s1. The average molecular weight is 358 g/mol. The topological polar surface area (TPSA) is 93.4 Å². The van der Waals surface area contributed by atoms with Gasteiger partial charge in [-0.2, -0.15) is 0 Å². The molecule has 0 aromatic heterocycles. The van der Waals surface area contributed by atoms with Gasteiger partial charge < -0.3 is 21.1 Å². The number of ether oxygens (including phenoxy) is 1. The lowest BCUT2D eigenvalue weighted by atomic mass is 10.0. The normalized spacial score (nSPS) is 12.8. The zero-order valence-corrected chi connectivity index (χ0v) is 15.5. The molecule has 1 unspecified atom stereocenters. The summed E-state index contributed by atoms with van der Waals surface area (Å²) in [6, 6.07) is 6.09. The molecule has 0 aliphatic heterocycles. The van der Waals surface area contributed by atoms with Gasteiger partial charge in [-0.25, -0.2) is 0 Å². The second-order valence-corrected chi connectivity index (χ2v) is 5.80. The summed E-state index contributed by atoms with van der Waals surface area (Å²) >= 11 is 0. The van der Waals surface area contributed by atoms with Gasteiger partial charge in [0, 0.05) is 18.2 Å². The predicted molar refractivity (Wildman–Crippen MR) is 97.6 cm³/mol. The van der Waals surface area contributed by atoms with Crippen molar-refractivity contribution < 1.29 is 14.3 Å². The van der Waals surface area contributed by atoms with E-state index in [9.17, 15) is 9.59 Å². The number of benzene rings is 1. The van der Waals surface area contributed by atoms with Gasteiger partial charge in [0.05, 0.1) is 6.61 Å². The summed E-state index contributed by atoms with van der Waals surface area (Å²) in [6.45, 7) is 8.41. The van der Waals surface area contributed by atoms with E-state index in [-0.39, 0.29) is 36.2 Å². The van der Waals surface area contributed by atoms with Crippen molar-refractivity contribution in [2.24, 2.45) is 11.7 Å². The van der Waals surface area contributed by atoms with E-state index in [1.807, 2.05) is 27.7 Å². The molecule has 0 saturated carbocycles. The molecule has 1 aromatic carbocycles. The second kappa shape index (κ2) is 10.9. The molecule has 1 aromatic rings. The Hall–Kier alpha value is -1.79. The summed E-state index contributed by atoms with van der Waals surface area (Å²) in [5, 5.41) is 5.58. The molecule has 2 atom stereocenters. The van der Waals surface area contributed by atoms with E-state index in [1.54, 1.807) is 24.3 Å². The molecular weight excluding hydrogens is 330 g/mol. The van der Waals surface area contributed by atoms with Crippen LogP contribution in [0.1, 0.15) is 38.1 Å². The van der Waals surface area contributed by atoms with E-state index < -0.39 is 6.04 Å². The van der Waals surface area contributed by atoms with Crippen molar-refractivity contribution in [1.29, 1.82) is 0 Å². The third-order valence-corrected chi connectivity index (χ3v) is 3.41. The molecule has 0 radical (unpaired) electrons. The van der Waals surface area contributed by atoms with Crippen molar-refractivity contribution in [3.05, 3.63) is 29.8 Å². The molecule has 7 heteroatoms. The molecule has 136 valence electrons. The van der Waals surface area contributed by atoms with E-state index in [2.05, 4.69) is 10.6 Å². The molecule has 0 saturated heterocycles. The van der Waals surface area contributed by atoms with Gasteiger partial charge in [-0.15, -0.1) is 12.4 Å². The van der Waals surface area contributed by atoms with Gasteiger partial charge in [0.1, 0.15) is 11.8 Å².